The van der Waals surface area contributed by atoms with Crippen LogP contribution in [0.1, 0.15) is 12.8 Å². The Balaban J connectivity index is -0.000000260. The third-order valence-electron chi connectivity index (χ3n) is 2.06. The van der Waals surface area contributed by atoms with Crippen LogP contribution in [0.3, 0.4) is 0 Å². The van der Waals surface area contributed by atoms with Gasteiger partial charge in [0.05, 0.1) is 0 Å². The van der Waals surface area contributed by atoms with Gasteiger partial charge in [0, 0.05) is 23.8 Å². The maximum absolute atomic E-state index is 10.1. The van der Waals surface area contributed by atoms with Crippen LogP contribution in [0.4, 0.5) is 0 Å². The van der Waals surface area contributed by atoms with Crippen molar-refractivity contribution in [3.63, 3.8) is 0 Å². The Morgan fingerprint density at radius 1 is 0.857 bits per heavy atom. The topological polar surface area (TPSA) is 80.3 Å². The zero-order valence-corrected chi connectivity index (χ0v) is 18.8. The average Bonchev–Trinajstić information content (AvgIpc) is 2.43. The summed E-state index contributed by atoms with van der Waals surface area (Å²) >= 11 is 15.7. The number of hydrogen-bond donors (Lipinski definition) is 4. The van der Waals surface area contributed by atoms with Crippen LogP contribution in [0.2, 0.25) is 9.88 Å². The molecular formula is C12H24O4S4Sn. The SMILES string of the molecule is O=C([O-])C(CS)CCS.O=C([O-])C(CS)CCS.[CH3][Sn+2][CH3]. The van der Waals surface area contributed by atoms with E-state index in [1.807, 2.05) is 0 Å². The predicted octanol–water partition coefficient (Wildman–Crippen LogP) is -0.00880. The van der Waals surface area contributed by atoms with Crippen LogP contribution in [-0.4, -0.2) is 56.1 Å². The summed E-state index contributed by atoms with van der Waals surface area (Å²) in [4.78, 5) is 24.8. The van der Waals surface area contributed by atoms with Crippen molar-refractivity contribution in [1.29, 1.82) is 0 Å². The summed E-state index contributed by atoms with van der Waals surface area (Å²) in [7, 11) is 0. The fourth-order valence-electron chi connectivity index (χ4n) is 0.879. The van der Waals surface area contributed by atoms with E-state index < -0.39 is 23.8 Å². The maximum atomic E-state index is 10.1. The van der Waals surface area contributed by atoms with E-state index in [9.17, 15) is 19.8 Å². The Bertz CT molecular complexity index is 233. The van der Waals surface area contributed by atoms with Crippen molar-refractivity contribution in [3.05, 3.63) is 0 Å². The molecule has 0 aromatic carbocycles. The Morgan fingerprint density at radius 2 is 1.10 bits per heavy atom. The second-order valence-corrected chi connectivity index (χ2v) is 8.40. The average molecular weight is 479 g/mol. The van der Waals surface area contributed by atoms with Crippen LogP contribution >= 0.6 is 50.5 Å². The molecule has 0 saturated heterocycles. The summed E-state index contributed by atoms with van der Waals surface area (Å²) in [5, 5.41) is 20.3. The fraction of sp³-hybridized carbons (Fsp3) is 0.833. The zero-order chi connectivity index (χ0) is 17.3. The number of hydrogen-bond acceptors (Lipinski definition) is 8. The van der Waals surface area contributed by atoms with Gasteiger partial charge < -0.3 is 19.8 Å². The van der Waals surface area contributed by atoms with Gasteiger partial charge in [0.15, 0.2) is 0 Å². The number of carbonyl (C=O) groups is 2. The van der Waals surface area contributed by atoms with Crippen LogP contribution in [0, 0.1) is 11.8 Å². The first-order chi connectivity index (χ1) is 9.85. The molecule has 0 N–H and O–H groups in total. The molecule has 0 saturated carbocycles. The van der Waals surface area contributed by atoms with Gasteiger partial charge >= 0.3 is 31.0 Å². The summed E-state index contributed by atoms with van der Waals surface area (Å²) in [6.07, 6.45) is 1.07. The second kappa shape index (κ2) is 21.1. The molecule has 0 radical (unpaired) electrons. The van der Waals surface area contributed by atoms with E-state index in [0.717, 1.165) is 0 Å². The Hall–Kier alpha value is 1.14. The summed E-state index contributed by atoms with van der Waals surface area (Å²) in [6.45, 7) is 0. The van der Waals surface area contributed by atoms with E-state index in [1.54, 1.807) is 0 Å². The van der Waals surface area contributed by atoms with Crippen LogP contribution in [-0.2, 0) is 9.59 Å². The molecule has 0 bridgehead atoms. The van der Waals surface area contributed by atoms with Gasteiger partial charge in [0.1, 0.15) is 0 Å². The van der Waals surface area contributed by atoms with Gasteiger partial charge in [-0.3, -0.25) is 0 Å². The summed E-state index contributed by atoms with van der Waals surface area (Å²) in [5.41, 5.74) is 0. The van der Waals surface area contributed by atoms with E-state index >= 15 is 0 Å². The van der Waals surface area contributed by atoms with E-state index in [-0.39, 0.29) is 21.1 Å². The van der Waals surface area contributed by atoms with Crippen LogP contribution in [0.15, 0.2) is 0 Å². The van der Waals surface area contributed by atoms with E-state index in [2.05, 4.69) is 60.4 Å². The molecule has 0 fully saturated rings. The molecule has 0 amide bonds. The van der Waals surface area contributed by atoms with Crippen molar-refractivity contribution < 1.29 is 19.8 Å². The third-order valence-corrected chi connectivity index (χ3v) is 3.46. The molecule has 2 unspecified atom stereocenters. The number of carbonyl (C=O) groups excluding carboxylic acids is 2. The summed E-state index contributed by atoms with van der Waals surface area (Å²) in [6, 6.07) is 0. The van der Waals surface area contributed by atoms with Crippen LogP contribution in [0.25, 0.3) is 0 Å². The predicted molar refractivity (Wildman–Crippen MR) is 99.1 cm³/mol. The van der Waals surface area contributed by atoms with Gasteiger partial charge in [-0.1, -0.05) is 0 Å². The van der Waals surface area contributed by atoms with Crippen LogP contribution in [0.5, 0.6) is 0 Å². The molecule has 21 heavy (non-hydrogen) atoms. The Morgan fingerprint density at radius 3 is 1.14 bits per heavy atom. The van der Waals surface area contributed by atoms with Crippen molar-refractivity contribution >= 4 is 83.6 Å². The molecular weight excluding hydrogens is 455 g/mol. The van der Waals surface area contributed by atoms with Gasteiger partial charge in [-0.2, -0.15) is 50.5 Å². The Labute approximate surface area is 160 Å². The molecule has 4 nitrogen and oxygen atoms in total. The molecule has 0 rings (SSSR count). The molecule has 124 valence electrons. The third kappa shape index (κ3) is 21.1. The normalized spacial score (nSPS) is 11.7. The first-order valence-electron chi connectivity index (χ1n) is 6.29. The van der Waals surface area contributed by atoms with E-state index in [0.29, 0.717) is 35.9 Å². The Kier molecular flexibility index (Phi) is 27.2. The molecule has 0 spiro atoms. The monoisotopic (exact) mass is 480 g/mol. The standard InChI is InChI=1S/2C5H10O2S2.2CH3.Sn/c2*6-5(7)4(3-9)1-2-8;;;/h2*4,8-9H,1-3H2,(H,6,7);2*1H3;/q;;;;+2/p-2. The second-order valence-electron chi connectivity index (χ2n) is 3.92. The number of rotatable bonds is 8. The molecule has 0 aliphatic heterocycles. The molecule has 0 aromatic rings. The molecule has 0 heterocycles. The molecule has 0 aliphatic rings. The van der Waals surface area contributed by atoms with Crippen molar-refractivity contribution in [2.75, 3.05) is 23.0 Å². The quantitative estimate of drug-likeness (QED) is 0.292. The van der Waals surface area contributed by atoms with Gasteiger partial charge in [-0.15, -0.1) is 0 Å². The van der Waals surface area contributed by atoms with Gasteiger partial charge in [-0.05, 0) is 35.9 Å². The zero-order valence-electron chi connectivity index (χ0n) is 12.3. The number of aliphatic carboxylic acids is 2. The first-order valence-corrected chi connectivity index (χ1v) is 14.5. The molecule has 0 aromatic heterocycles. The van der Waals surface area contributed by atoms with Crippen molar-refractivity contribution in [1.82, 2.24) is 0 Å². The van der Waals surface area contributed by atoms with E-state index in [1.165, 1.54) is 0 Å². The minimum absolute atomic E-state index is 0.230. The van der Waals surface area contributed by atoms with Gasteiger partial charge in [0.2, 0.25) is 0 Å². The summed E-state index contributed by atoms with van der Waals surface area (Å²) in [5.74, 6) is -1.13. The fourth-order valence-corrected chi connectivity index (χ4v) is 2.17. The number of carboxylic acid groups (broad SMARTS) is 2. The molecule has 2 atom stereocenters. The number of thiol groups is 4. The van der Waals surface area contributed by atoms with Crippen LogP contribution < -0.4 is 10.2 Å². The van der Waals surface area contributed by atoms with E-state index in [4.69, 9.17) is 0 Å². The molecule has 9 heteroatoms. The van der Waals surface area contributed by atoms with Gasteiger partial charge in [-0.25, -0.2) is 0 Å². The van der Waals surface area contributed by atoms with Crippen molar-refractivity contribution in [2.45, 2.75) is 22.7 Å². The number of carboxylic acids is 2. The van der Waals surface area contributed by atoms with Gasteiger partial charge in [0.25, 0.3) is 0 Å². The van der Waals surface area contributed by atoms with Crippen molar-refractivity contribution in [2.24, 2.45) is 11.8 Å². The minimum atomic E-state index is -1.03. The first kappa shape index (κ1) is 27.0. The van der Waals surface area contributed by atoms with Crippen molar-refractivity contribution in [3.8, 4) is 0 Å². The summed E-state index contributed by atoms with van der Waals surface area (Å²) < 4.78 is 0. The molecule has 0 aliphatic carbocycles.